The van der Waals surface area contributed by atoms with Gasteiger partial charge in [-0.25, -0.2) is 4.68 Å². The first-order valence-electron chi connectivity index (χ1n) is 5.30. The first-order chi connectivity index (χ1) is 7.60. The van der Waals surface area contributed by atoms with E-state index in [-0.39, 0.29) is 0 Å². The molecule has 0 spiro atoms. The summed E-state index contributed by atoms with van der Waals surface area (Å²) in [6.07, 6.45) is 2.00. The fraction of sp³-hybridized carbons (Fsp3) is 0.308. The molecule has 2 nitrogen and oxygen atoms in total. The van der Waals surface area contributed by atoms with Crippen molar-refractivity contribution in [1.29, 1.82) is 0 Å². The molecule has 2 aromatic rings. The smallest absolute Gasteiger partial charge is 0.0651 e. The average Bonchev–Trinajstić information content (AvgIpc) is 2.58. The van der Waals surface area contributed by atoms with Crippen molar-refractivity contribution < 1.29 is 0 Å². The largest absolute Gasteiger partial charge is 0.240 e. The highest BCUT2D eigenvalue weighted by Crippen LogP contribution is 2.16. The third-order valence-corrected chi connectivity index (χ3v) is 2.90. The van der Waals surface area contributed by atoms with Crippen molar-refractivity contribution in [2.45, 2.75) is 26.7 Å². The number of alkyl halides is 1. The van der Waals surface area contributed by atoms with Crippen LogP contribution in [0.5, 0.6) is 0 Å². The second-order valence-electron chi connectivity index (χ2n) is 4.16. The zero-order chi connectivity index (χ0) is 11.7. The fourth-order valence-electron chi connectivity index (χ4n) is 1.84. The standard InChI is InChI=1S/C13H15ClN2/c1-9-4-10(2)6-13(5-9)16-8-12(7-14)11(3)15-16/h4-6,8H,7H2,1-3H3. The monoisotopic (exact) mass is 234 g/mol. The van der Waals surface area contributed by atoms with Crippen molar-refractivity contribution in [2.24, 2.45) is 0 Å². The molecule has 0 amide bonds. The average molecular weight is 235 g/mol. The molecule has 1 aromatic carbocycles. The van der Waals surface area contributed by atoms with Crippen molar-refractivity contribution in [1.82, 2.24) is 9.78 Å². The summed E-state index contributed by atoms with van der Waals surface area (Å²) in [7, 11) is 0. The van der Waals surface area contributed by atoms with Crippen molar-refractivity contribution in [2.75, 3.05) is 0 Å². The van der Waals surface area contributed by atoms with Gasteiger partial charge >= 0.3 is 0 Å². The van der Waals surface area contributed by atoms with Crippen LogP contribution in [0.4, 0.5) is 0 Å². The Morgan fingerprint density at radius 3 is 2.25 bits per heavy atom. The van der Waals surface area contributed by atoms with Crippen molar-refractivity contribution in [3.8, 4) is 5.69 Å². The molecule has 0 aliphatic carbocycles. The third-order valence-electron chi connectivity index (χ3n) is 2.62. The lowest BCUT2D eigenvalue weighted by atomic mass is 10.1. The van der Waals surface area contributed by atoms with Gasteiger partial charge in [0.25, 0.3) is 0 Å². The number of aryl methyl sites for hydroxylation is 3. The SMILES string of the molecule is Cc1cc(C)cc(-n2cc(CCl)c(C)n2)c1. The van der Waals surface area contributed by atoms with Gasteiger partial charge in [-0.15, -0.1) is 11.6 Å². The van der Waals surface area contributed by atoms with Crippen LogP contribution in [0.3, 0.4) is 0 Å². The van der Waals surface area contributed by atoms with Crippen molar-refractivity contribution in [3.63, 3.8) is 0 Å². The minimum atomic E-state index is 0.511. The summed E-state index contributed by atoms with van der Waals surface area (Å²) in [4.78, 5) is 0. The van der Waals surface area contributed by atoms with E-state index >= 15 is 0 Å². The maximum atomic E-state index is 5.84. The molecule has 0 fully saturated rings. The number of rotatable bonds is 2. The summed E-state index contributed by atoms with van der Waals surface area (Å²) in [6.45, 7) is 6.17. The van der Waals surface area contributed by atoms with Gasteiger partial charge in [-0.3, -0.25) is 0 Å². The number of halogens is 1. The molecule has 0 aliphatic heterocycles. The van der Waals surface area contributed by atoms with Crippen molar-refractivity contribution in [3.05, 3.63) is 46.8 Å². The molecule has 0 saturated heterocycles. The van der Waals surface area contributed by atoms with E-state index in [1.807, 2.05) is 17.8 Å². The molecule has 0 radical (unpaired) electrons. The summed E-state index contributed by atoms with van der Waals surface area (Å²) >= 11 is 5.84. The summed E-state index contributed by atoms with van der Waals surface area (Å²) < 4.78 is 1.90. The topological polar surface area (TPSA) is 17.8 Å². The van der Waals surface area contributed by atoms with E-state index in [9.17, 15) is 0 Å². The summed E-state index contributed by atoms with van der Waals surface area (Å²) in [6, 6.07) is 6.40. The summed E-state index contributed by atoms with van der Waals surface area (Å²) in [5, 5.41) is 4.47. The molecule has 0 bridgehead atoms. The molecule has 16 heavy (non-hydrogen) atoms. The van der Waals surface area contributed by atoms with Crippen LogP contribution in [0.25, 0.3) is 5.69 Å². The Balaban J connectivity index is 2.49. The number of hydrogen-bond acceptors (Lipinski definition) is 1. The molecule has 0 N–H and O–H groups in total. The molecular formula is C13H15ClN2. The Labute approximate surface area is 101 Å². The van der Waals surface area contributed by atoms with Gasteiger partial charge in [0.2, 0.25) is 0 Å². The van der Waals surface area contributed by atoms with Crippen LogP contribution >= 0.6 is 11.6 Å². The zero-order valence-electron chi connectivity index (χ0n) is 9.79. The Morgan fingerprint density at radius 2 is 1.75 bits per heavy atom. The molecule has 0 aliphatic rings. The zero-order valence-corrected chi connectivity index (χ0v) is 10.5. The predicted octanol–water partition coefficient (Wildman–Crippen LogP) is 3.54. The molecule has 0 unspecified atom stereocenters. The maximum absolute atomic E-state index is 5.84. The molecule has 1 heterocycles. The van der Waals surface area contributed by atoms with Gasteiger partial charge in [-0.05, 0) is 44.0 Å². The van der Waals surface area contributed by atoms with Crippen LogP contribution in [0.2, 0.25) is 0 Å². The lowest BCUT2D eigenvalue weighted by Gasteiger charge is -2.04. The lowest BCUT2D eigenvalue weighted by molar-refractivity contribution is 0.860. The third kappa shape index (κ3) is 2.12. The van der Waals surface area contributed by atoms with Crippen LogP contribution in [0, 0.1) is 20.8 Å². The molecule has 3 heteroatoms. The fourth-order valence-corrected chi connectivity index (χ4v) is 2.10. The number of hydrogen-bond donors (Lipinski definition) is 0. The first kappa shape index (κ1) is 11.2. The van der Waals surface area contributed by atoms with E-state index in [0.717, 1.165) is 16.9 Å². The van der Waals surface area contributed by atoms with Gasteiger partial charge in [-0.2, -0.15) is 5.10 Å². The lowest BCUT2D eigenvalue weighted by Crippen LogP contribution is -1.96. The van der Waals surface area contributed by atoms with E-state index < -0.39 is 0 Å². The van der Waals surface area contributed by atoms with Gasteiger partial charge in [0.1, 0.15) is 0 Å². The highest BCUT2D eigenvalue weighted by Gasteiger charge is 2.05. The van der Waals surface area contributed by atoms with Gasteiger partial charge in [0.05, 0.1) is 17.3 Å². The second kappa shape index (κ2) is 4.30. The Bertz CT molecular complexity index is 494. The van der Waals surface area contributed by atoms with E-state index in [1.54, 1.807) is 0 Å². The Kier molecular flexibility index (Phi) is 3.01. The molecule has 84 valence electrons. The molecule has 2 rings (SSSR count). The highest BCUT2D eigenvalue weighted by atomic mass is 35.5. The minimum Gasteiger partial charge on any atom is -0.240 e. The van der Waals surface area contributed by atoms with Crippen LogP contribution in [0.15, 0.2) is 24.4 Å². The van der Waals surface area contributed by atoms with E-state index in [2.05, 4.69) is 37.1 Å². The highest BCUT2D eigenvalue weighted by molar-refractivity contribution is 6.17. The molecule has 0 saturated carbocycles. The minimum absolute atomic E-state index is 0.511. The van der Waals surface area contributed by atoms with E-state index in [4.69, 9.17) is 11.6 Å². The summed E-state index contributed by atoms with van der Waals surface area (Å²) in [5.74, 6) is 0.511. The van der Waals surface area contributed by atoms with Gasteiger partial charge in [0.15, 0.2) is 0 Å². The first-order valence-corrected chi connectivity index (χ1v) is 5.83. The summed E-state index contributed by atoms with van der Waals surface area (Å²) in [5.41, 5.74) is 5.66. The predicted molar refractivity (Wildman–Crippen MR) is 67.3 cm³/mol. The number of benzene rings is 1. The van der Waals surface area contributed by atoms with E-state index in [0.29, 0.717) is 5.88 Å². The molecule has 0 atom stereocenters. The van der Waals surface area contributed by atoms with Crippen LogP contribution in [0.1, 0.15) is 22.4 Å². The Morgan fingerprint density at radius 1 is 1.12 bits per heavy atom. The maximum Gasteiger partial charge on any atom is 0.0651 e. The molecule has 1 aromatic heterocycles. The molecular weight excluding hydrogens is 220 g/mol. The number of aromatic nitrogens is 2. The Hall–Kier alpha value is -1.28. The van der Waals surface area contributed by atoms with Gasteiger partial charge in [0, 0.05) is 11.8 Å². The van der Waals surface area contributed by atoms with Gasteiger partial charge in [-0.1, -0.05) is 6.07 Å². The van der Waals surface area contributed by atoms with E-state index in [1.165, 1.54) is 11.1 Å². The van der Waals surface area contributed by atoms with Crippen LogP contribution in [-0.2, 0) is 5.88 Å². The second-order valence-corrected chi connectivity index (χ2v) is 4.43. The van der Waals surface area contributed by atoms with Gasteiger partial charge < -0.3 is 0 Å². The quantitative estimate of drug-likeness (QED) is 0.727. The van der Waals surface area contributed by atoms with Crippen LogP contribution in [-0.4, -0.2) is 9.78 Å². The van der Waals surface area contributed by atoms with Crippen LogP contribution < -0.4 is 0 Å². The van der Waals surface area contributed by atoms with Crippen molar-refractivity contribution >= 4 is 11.6 Å². The number of nitrogens with zero attached hydrogens (tertiary/aromatic N) is 2. The normalized spacial score (nSPS) is 10.8.